The Balaban J connectivity index is 1.82. The number of hydrogen-bond donors (Lipinski definition) is 1. The van der Waals surface area contributed by atoms with Crippen LogP contribution in [0.25, 0.3) is 0 Å². The summed E-state index contributed by atoms with van der Waals surface area (Å²) in [4.78, 5) is 24.6. The second kappa shape index (κ2) is 4.99. The van der Waals surface area contributed by atoms with Gasteiger partial charge in [0, 0.05) is 32.8 Å². The number of aryl methyl sites for hydroxylation is 2. The number of aromatic nitrogens is 2. The lowest BCUT2D eigenvalue weighted by Gasteiger charge is -2.26. The predicted octanol–water partition coefficient (Wildman–Crippen LogP) is -0.689. The van der Waals surface area contributed by atoms with Gasteiger partial charge in [-0.05, 0) is 12.0 Å². The Bertz CT molecular complexity index is 427. The molecular formula is C11H16N4O2. The first kappa shape index (κ1) is 11.6. The molecule has 0 aliphatic carbocycles. The van der Waals surface area contributed by atoms with Gasteiger partial charge in [-0.25, -0.2) is 0 Å². The van der Waals surface area contributed by atoms with Crippen LogP contribution in [0.5, 0.6) is 0 Å². The van der Waals surface area contributed by atoms with Gasteiger partial charge in [0.05, 0.1) is 12.7 Å². The van der Waals surface area contributed by atoms with Gasteiger partial charge in [0.15, 0.2) is 0 Å². The highest BCUT2D eigenvalue weighted by atomic mass is 16.2. The highest BCUT2D eigenvalue weighted by molar-refractivity contribution is 5.85. The van der Waals surface area contributed by atoms with Crippen molar-refractivity contribution in [2.45, 2.75) is 12.8 Å². The summed E-state index contributed by atoms with van der Waals surface area (Å²) in [6, 6.07) is 0. The monoisotopic (exact) mass is 236 g/mol. The second-order valence-electron chi connectivity index (χ2n) is 4.19. The molecule has 1 aliphatic heterocycles. The lowest BCUT2D eigenvalue weighted by Crippen LogP contribution is -2.50. The molecule has 0 radical (unpaired) electrons. The van der Waals surface area contributed by atoms with Crippen molar-refractivity contribution >= 4 is 11.8 Å². The van der Waals surface area contributed by atoms with Gasteiger partial charge in [0.2, 0.25) is 11.8 Å². The molecule has 2 amide bonds. The molecule has 17 heavy (non-hydrogen) atoms. The molecule has 1 aromatic heterocycles. The molecule has 0 bridgehead atoms. The molecule has 1 aromatic rings. The molecule has 0 atom stereocenters. The second-order valence-corrected chi connectivity index (χ2v) is 4.19. The molecule has 1 saturated heterocycles. The van der Waals surface area contributed by atoms with Crippen molar-refractivity contribution in [2.24, 2.45) is 7.05 Å². The van der Waals surface area contributed by atoms with Crippen molar-refractivity contribution in [1.29, 1.82) is 0 Å². The van der Waals surface area contributed by atoms with Gasteiger partial charge < -0.3 is 10.2 Å². The molecule has 6 nitrogen and oxygen atoms in total. The zero-order chi connectivity index (χ0) is 12.3. The summed E-state index contributed by atoms with van der Waals surface area (Å²) in [5.74, 6) is -0.0466. The van der Waals surface area contributed by atoms with E-state index in [1.807, 2.05) is 13.2 Å². The molecule has 0 unspecified atom stereocenters. The van der Waals surface area contributed by atoms with E-state index in [-0.39, 0.29) is 18.4 Å². The maximum atomic E-state index is 11.8. The Kier molecular flexibility index (Phi) is 3.41. The van der Waals surface area contributed by atoms with Crippen LogP contribution >= 0.6 is 0 Å². The van der Waals surface area contributed by atoms with E-state index < -0.39 is 0 Å². The van der Waals surface area contributed by atoms with Crippen molar-refractivity contribution in [3.05, 3.63) is 18.0 Å². The molecule has 2 rings (SSSR count). The first-order chi connectivity index (χ1) is 8.15. The van der Waals surface area contributed by atoms with Crippen LogP contribution in [0.1, 0.15) is 12.0 Å². The molecule has 1 fully saturated rings. The smallest absolute Gasteiger partial charge is 0.239 e. The number of carbonyl (C=O) groups excluding carboxylic acids is 2. The van der Waals surface area contributed by atoms with E-state index in [9.17, 15) is 9.59 Å². The minimum absolute atomic E-state index is 0.0312. The number of nitrogens with zero attached hydrogens (tertiary/aromatic N) is 3. The zero-order valence-electron chi connectivity index (χ0n) is 9.85. The number of rotatable bonds is 3. The van der Waals surface area contributed by atoms with E-state index >= 15 is 0 Å². The Morgan fingerprint density at radius 3 is 3.06 bits per heavy atom. The Hall–Kier alpha value is -1.85. The molecule has 2 heterocycles. The first-order valence-corrected chi connectivity index (χ1v) is 5.67. The van der Waals surface area contributed by atoms with Crippen LogP contribution in [0.2, 0.25) is 0 Å². The largest absolute Gasteiger partial charge is 0.353 e. The summed E-state index contributed by atoms with van der Waals surface area (Å²) in [6.07, 6.45) is 4.76. The summed E-state index contributed by atoms with van der Waals surface area (Å²) in [7, 11) is 1.85. The lowest BCUT2D eigenvalue weighted by atomic mass is 10.2. The fourth-order valence-electron chi connectivity index (χ4n) is 1.86. The fourth-order valence-corrected chi connectivity index (χ4v) is 1.86. The standard InChI is InChI=1S/C11H16N4O2/c1-14-7-9(6-13-14)2-3-11(17)15-5-4-12-10(16)8-15/h6-7H,2-5,8H2,1H3,(H,12,16). The molecule has 92 valence electrons. The molecule has 0 saturated carbocycles. The third kappa shape index (κ3) is 3.05. The predicted molar refractivity (Wildman–Crippen MR) is 61.1 cm³/mol. The molecule has 1 N–H and O–H groups in total. The molecule has 1 aliphatic rings. The average molecular weight is 236 g/mol. The number of carbonyl (C=O) groups is 2. The molecule has 6 heteroatoms. The van der Waals surface area contributed by atoms with Gasteiger partial charge in [0.1, 0.15) is 0 Å². The third-order valence-electron chi connectivity index (χ3n) is 2.78. The van der Waals surface area contributed by atoms with Crippen LogP contribution < -0.4 is 5.32 Å². The fraction of sp³-hybridized carbons (Fsp3) is 0.545. The highest BCUT2D eigenvalue weighted by Crippen LogP contribution is 2.04. The van der Waals surface area contributed by atoms with Crippen LogP contribution in [0, 0.1) is 0 Å². The Morgan fingerprint density at radius 2 is 2.41 bits per heavy atom. The van der Waals surface area contributed by atoms with Crippen LogP contribution in [0.15, 0.2) is 12.4 Å². The summed E-state index contributed by atoms with van der Waals surface area (Å²) in [5, 5.41) is 6.74. The van der Waals surface area contributed by atoms with Crippen LogP contribution in [0.4, 0.5) is 0 Å². The van der Waals surface area contributed by atoms with Crippen molar-refractivity contribution in [2.75, 3.05) is 19.6 Å². The minimum Gasteiger partial charge on any atom is -0.353 e. The topological polar surface area (TPSA) is 67.2 Å². The van der Waals surface area contributed by atoms with Gasteiger partial charge >= 0.3 is 0 Å². The molecule has 0 aromatic carbocycles. The normalized spacial score (nSPS) is 15.8. The van der Waals surface area contributed by atoms with E-state index in [4.69, 9.17) is 0 Å². The van der Waals surface area contributed by atoms with Crippen molar-refractivity contribution < 1.29 is 9.59 Å². The number of hydrogen-bond acceptors (Lipinski definition) is 3. The van der Waals surface area contributed by atoms with Gasteiger partial charge in [-0.15, -0.1) is 0 Å². The van der Waals surface area contributed by atoms with E-state index in [1.165, 1.54) is 0 Å². The maximum absolute atomic E-state index is 11.8. The lowest BCUT2D eigenvalue weighted by molar-refractivity contribution is -0.138. The summed E-state index contributed by atoms with van der Waals surface area (Å²) in [5.41, 5.74) is 1.04. The summed E-state index contributed by atoms with van der Waals surface area (Å²) in [6.45, 7) is 1.35. The van der Waals surface area contributed by atoms with Gasteiger partial charge in [-0.2, -0.15) is 5.10 Å². The Morgan fingerprint density at radius 1 is 1.59 bits per heavy atom. The minimum atomic E-state index is -0.0778. The van der Waals surface area contributed by atoms with Gasteiger partial charge in [0.25, 0.3) is 0 Å². The number of piperazine rings is 1. The average Bonchev–Trinajstić information content (AvgIpc) is 2.72. The van der Waals surface area contributed by atoms with Gasteiger partial charge in [-0.3, -0.25) is 14.3 Å². The highest BCUT2D eigenvalue weighted by Gasteiger charge is 2.20. The summed E-state index contributed by atoms with van der Waals surface area (Å²) < 4.78 is 1.72. The number of nitrogens with one attached hydrogen (secondary N) is 1. The van der Waals surface area contributed by atoms with E-state index in [2.05, 4.69) is 10.4 Å². The quantitative estimate of drug-likeness (QED) is 0.755. The van der Waals surface area contributed by atoms with Gasteiger partial charge in [-0.1, -0.05) is 0 Å². The van der Waals surface area contributed by atoms with Crippen molar-refractivity contribution in [1.82, 2.24) is 20.0 Å². The maximum Gasteiger partial charge on any atom is 0.239 e. The van der Waals surface area contributed by atoms with E-state index in [0.29, 0.717) is 25.9 Å². The van der Waals surface area contributed by atoms with Crippen molar-refractivity contribution in [3.63, 3.8) is 0 Å². The molecule has 0 spiro atoms. The van der Waals surface area contributed by atoms with Crippen LogP contribution in [0.3, 0.4) is 0 Å². The van der Waals surface area contributed by atoms with Crippen molar-refractivity contribution in [3.8, 4) is 0 Å². The first-order valence-electron chi connectivity index (χ1n) is 5.67. The summed E-state index contributed by atoms with van der Waals surface area (Å²) >= 11 is 0. The van der Waals surface area contributed by atoms with Crippen LogP contribution in [-0.4, -0.2) is 46.1 Å². The molecular weight excluding hydrogens is 220 g/mol. The SMILES string of the molecule is Cn1cc(CCC(=O)N2CCNC(=O)C2)cn1. The third-order valence-corrected chi connectivity index (χ3v) is 2.78. The van der Waals surface area contributed by atoms with E-state index in [1.54, 1.807) is 15.8 Å². The zero-order valence-corrected chi connectivity index (χ0v) is 9.85. The Labute approximate surface area is 99.6 Å². The van der Waals surface area contributed by atoms with Crippen LogP contribution in [-0.2, 0) is 23.1 Å². The number of amides is 2. The van der Waals surface area contributed by atoms with E-state index in [0.717, 1.165) is 5.56 Å².